The molecule has 2 atom stereocenters. The fourth-order valence-electron chi connectivity index (χ4n) is 2.72. The Kier molecular flexibility index (Phi) is 4.29. The van der Waals surface area contributed by atoms with E-state index in [0.717, 1.165) is 17.1 Å². The third-order valence-electron chi connectivity index (χ3n) is 3.70. The van der Waals surface area contributed by atoms with Crippen molar-refractivity contribution in [1.29, 1.82) is 0 Å². The topological polar surface area (TPSA) is 83.1 Å². The maximum absolute atomic E-state index is 12.3. The minimum absolute atomic E-state index is 0.0563. The van der Waals surface area contributed by atoms with Crippen LogP contribution in [0.15, 0.2) is 24.3 Å². The van der Waals surface area contributed by atoms with E-state index in [0.29, 0.717) is 18.9 Å². The molecule has 1 aliphatic rings. The number of morpholine rings is 1. The van der Waals surface area contributed by atoms with Gasteiger partial charge in [-0.1, -0.05) is 0 Å². The smallest absolute Gasteiger partial charge is 0.322 e. The average Bonchev–Trinajstić information content (AvgIpc) is 2.93. The number of rotatable bonds is 2. The summed E-state index contributed by atoms with van der Waals surface area (Å²) in [4.78, 5) is 18.4. The van der Waals surface area contributed by atoms with Gasteiger partial charge in [0.25, 0.3) is 0 Å². The number of aromatic nitrogens is 3. The van der Waals surface area contributed by atoms with E-state index in [-0.39, 0.29) is 18.2 Å². The monoisotopic (exact) mass is 315 g/mol. The molecule has 0 radical (unpaired) electrons. The Morgan fingerprint density at radius 3 is 2.48 bits per heavy atom. The third kappa shape index (κ3) is 3.68. The molecule has 2 aromatic rings. The first-order valence-electron chi connectivity index (χ1n) is 7.72. The lowest BCUT2D eigenvalue weighted by molar-refractivity contribution is -0.0530. The van der Waals surface area contributed by atoms with Gasteiger partial charge in [0.1, 0.15) is 5.82 Å². The van der Waals surface area contributed by atoms with Crippen LogP contribution in [-0.4, -0.2) is 51.4 Å². The van der Waals surface area contributed by atoms with Gasteiger partial charge >= 0.3 is 6.03 Å². The van der Waals surface area contributed by atoms with E-state index in [1.165, 1.54) is 0 Å². The fraction of sp³-hybridized carbons (Fsp3) is 0.438. The molecular weight excluding hydrogens is 294 g/mol. The molecule has 1 aliphatic heterocycles. The molecule has 2 amide bonds. The van der Waals surface area contributed by atoms with Gasteiger partial charge in [0.15, 0.2) is 5.82 Å². The molecule has 2 unspecified atom stereocenters. The first-order valence-corrected chi connectivity index (χ1v) is 7.72. The van der Waals surface area contributed by atoms with Gasteiger partial charge in [-0.2, -0.15) is 5.10 Å². The van der Waals surface area contributed by atoms with Gasteiger partial charge in [-0.25, -0.2) is 9.78 Å². The number of carbonyl (C=O) groups excluding carboxylic acids is 1. The molecule has 0 bridgehead atoms. The van der Waals surface area contributed by atoms with Gasteiger partial charge in [0.2, 0.25) is 0 Å². The standard InChI is InChI=1S/C16H21N5O2/c1-10-8-21(9-11(2)23-10)16(22)18-14-6-4-13(5-7-14)15-17-12(3)19-20-15/h4-7,10-11H,8-9H2,1-3H3,(H,18,22)(H,17,19,20). The molecule has 23 heavy (non-hydrogen) atoms. The molecule has 1 fully saturated rings. The molecular formula is C16H21N5O2. The van der Waals surface area contributed by atoms with Crippen LogP contribution in [-0.2, 0) is 4.74 Å². The summed E-state index contributed by atoms with van der Waals surface area (Å²) < 4.78 is 5.64. The minimum Gasteiger partial charge on any atom is -0.372 e. The first-order chi connectivity index (χ1) is 11.0. The zero-order chi connectivity index (χ0) is 16.4. The van der Waals surface area contributed by atoms with Crippen molar-refractivity contribution >= 4 is 11.7 Å². The number of hydrogen-bond acceptors (Lipinski definition) is 4. The number of nitrogens with one attached hydrogen (secondary N) is 2. The maximum atomic E-state index is 12.3. The molecule has 7 heteroatoms. The number of anilines is 1. The fourth-order valence-corrected chi connectivity index (χ4v) is 2.72. The van der Waals surface area contributed by atoms with E-state index in [4.69, 9.17) is 4.74 Å². The Balaban J connectivity index is 1.65. The summed E-state index contributed by atoms with van der Waals surface area (Å²) in [5.74, 6) is 1.42. The molecule has 0 spiro atoms. The van der Waals surface area contributed by atoms with Gasteiger partial charge < -0.3 is 15.0 Å². The summed E-state index contributed by atoms with van der Waals surface area (Å²) >= 11 is 0. The van der Waals surface area contributed by atoms with Gasteiger partial charge in [0, 0.05) is 24.3 Å². The van der Waals surface area contributed by atoms with E-state index in [9.17, 15) is 4.79 Å². The van der Waals surface area contributed by atoms with E-state index in [1.807, 2.05) is 45.0 Å². The van der Waals surface area contributed by atoms with Gasteiger partial charge in [-0.3, -0.25) is 5.10 Å². The first kappa shape index (κ1) is 15.5. The molecule has 1 aromatic heterocycles. The van der Waals surface area contributed by atoms with Crippen molar-refractivity contribution in [2.45, 2.75) is 33.0 Å². The van der Waals surface area contributed by atoms with Crippen molar-refractivity contribution in [1.82, 2.24) is 20.1 Å². The van der Waals surface area contributed by atoms with Crippen molar-refractivity contribution in [3.8, 4) is 11.4 Å². The van der Waals surface area contributed by atoms with E-state index in [1.54, 1.807) is 4.90 Å². The number of amides is 2. The van der Waals surface area contributed by atoms with E-state index in [2.05, 4.69) is 20.5 Å². The van der Waals surface area contributed by atoms with Crippen LogP contribution >= 0.6 is 0 Å². The third-order valence-corrected chi connectivity index (χ3v) is 3.70. The predicted molar refractivity (Wildman–Crippen MR) is 87.2 cm³/mol. The van der Waals surface area contributed by atoms with E-state index >= 15 is 0 Å². The highest BCUT2D eigenvalue weighted by molar-refractivity contribution is 5.89. The molecule has 3 rings (SSSR count). The lowest BCUT2D eigenvalue weighted by Gasteiger charge is -2.35. The van der Waals surface area contributed by atoms with Crippen molar-refractivity contribution in [2.75, 3.05) is 18.4 Å². The summed E-state index contributed by atoms with van der Waals surface area (Å²) in [5.41, 5.74) is 1.65. The van der Waals surface area contributed by atoms with Crippen LogP contribution in [0.1, 0.15) is 19.7 Å². The predicted octanol–water partition coefficient (Wildman–Crippen LogP) is 2.42. The number of hydrogen-bond donors (Lipinski definition) is 2. The number of ether oxygens (including phenoxy) is 1. The van der Waals surface area contributed by atoms with Crippen LogP contribution in [0.25, 0.3) is 11.4 Å². The zero-order valence-electron chi connectivity index (χ0n) is 13.5. The highest BCUT2D eigenvalue weighted by atomic mass is 16.5. The Morgan fingerprint density at radius 2 is 1.91 bits per heavy atom. The molecule has 2 heterocycles. The van der Waals surface area contributed by atoms with Gasteiger partial charge in [-0.15, -0.1) is 0 Å². The van der Waals surface area contributed by atoms with Crippen LogP contribution < -0.4 is 5.32 Å². The summed E-state index contributed by atoms with van der Waals surface area (Å²) in [6.07, 6.45) is 0.113. The number of aryl methyl sites for hydroxylation is 1. The summed E-state index contributed by atoms with van der Waals surface area (Å²) in [6, 6.07) is 7.39. The summed E-state index contributed by atoms with van der Waals surface area (Å²) in [6.45, 7) is 7.01. The molecule has 0 saturated carbocycles. The maximum Gasteiger partial charge on any atom is 0.322 e. The Hall–Kier alpha value is -2.41. The molecule has 0 aliphatic carbocycles. The van der Waals surface area contributed by atoms with Gasteiger partial charge in [-0.05, 0) is 45.0 Å². The van der Waals surface area contributed by atoms with E-state index < -0.39 is 0 Å². The number of H-pyrrole nitrogens is 1. The van der Waals surface area contributed by atoms with Gasteiger partial charge in [0.05, 0.1) is 12.2 Å². The van der Waals surface area contributed by atoms with Crippen LogP contribution in [0.4, 0.5) is 10.5 Å². The minimum atomic E-state index is -0.103. The van der Waals surface area contributed by atoms with Crippen LogP contribution in [0.5, 0.6) is 0 Å². The molecule has 7 nitrogen and oxygen atoms in total. The molecule has 1 saturated heterocycles. The number of aromatic amines is 1. The number of carbonyl (C=O) groups is 1. The Morgan fingerprint density at radius 1 is 1.26 bits per heavy atom. The number of urea groups is 1. The highest BCUT2D eigenvalue weighted by Gasteiger charge is 2.25. The molecule has 122 valence electrons. The summed E-state index contributed by atoms with van der Waals surface area (Å²) in [7, 11) is 0. The van der Waals surface area contributed by atoms with Crippen LogP contribution in [0.2, 0.25) is 0 Å². The Labute approximate surface area is 135 Å². The second-order valence-electron chi connectivity index (χ2n) is 5.91. The van der Waals surface area contributed by atoms with Crippen molar-refractivity contribution in [2.24, 2.45) is 0 Å². The van der Waals surface area contributed by atoms with Crippen molar-refractivity contribution < 1.29 is 9.53 Å². The Bertz CT molecular complexity index is 672. The number of nitrogens with zero attached hydrogens (tertiary/aromatic N) is 3. The van der Waals surface area contributed by atoms with Crippen molar-refractivity contribution in [3.63, 3.8) is 0 Å². The SMILES string of the molecule is Cc1nc(-c2ccc(NC(=O)N3CC(C)OC(C)C3)cc2)n[nH]1. The number of benzene rings is 1. The van der Waals surface area contributed by atoms with Crippen LogP contribution in [0, 0.1) is 6.92 Å². The average molecular weight is 315 g/mol. The second-order valence-corrected chi connectivity index (χ2v) is 5.91. The highest BCUT2D eigenvalue weighted by Crippen LogP contribution is 2.19. The second kappa shape index (κ2) is 6.37. The normalized spacial score (nSPS) is 21.3. The van der Waals surface area contributed by atoms with Crippen LogP contribution in [0.3, 0.4) is 0 Å². The van der Waals surface area contributed by atoms with Crippen molar-refractivity contribution in [3.05, 3.63) is 30.1 Å². The lowest BCUT2D eigenvalue weighted by Crippen LogP contribution is -2.49. The zero-order valence-corrected chi connectivity index (χ0v) is 13.5. The summed E-state index contributed by atoms with van der Waals surface area (Å²) in [5, 5.41) is 9.86. The largest absolute Gasteiger partial charge is 0.372 e. The quantitative estimate of drug-likeness (QED) is 0.891. The molecule has 1 aromatic carbocycles. The molecule has 2 N–H and O–H groups in total. The lowest BCUT2D eigenvalue weighted by atomic mass is 10.2.